The number of aromatic nitrogens is 3. The predicted molar refractivity (Wildman–Crippen MR) is 190 cm³/mol. The van der Waals surface area contributed by atoms with Gasteiger partial charge in [-0.1, -0.05) is 129 Å². The third kappa shape index (κ3) is 4.05. The molecule has 46 heavy (non-hydrogen) atoms. The average molecular weight is 590 g/mol. The van der Waals surface area contributed by atoms with E-state index in [0.717, 1.165) is 27.9 Å². The van der Waals surface area contributed by atoms with E-state index in [4.69, 9.17) is 9.97 Å². The summed E-state index contributed by atoms with van der Waals surface area (Å²) in [5.74, 6) is 0.673. The van der Waals surface area contributed by atoms with Gasteiger partial charge in [0.25, 0.3) is 0 Å². The first kappa shape index (κ1) is 26.6. The fraction of sp³-hybridized carbons (Fsp3) is 0.0698. The molecule has 0 bridgehead atoms. The summed E-state index contributed by atoms with van der Waals surface area (Å²) in [6, 6.07) is 52.1. The molecule has 1 aliphatic carbocycles. The highest BCUT2D eigenvalue weighted by atomic mass is 15.2. The summed E-state index contributed by atoms with van der Waals surface area (Å²) in [5.41, 5.74) is 14.2. The van der Waals surface area contributed by atoms with Gasteiger partial charge in [-0.2, -0.15) is 0 Å². The van der Waals surface area contributed by atoms with Crippen molar-refractivity contribution in [3.63, 3.8) is 0 Å². The molecule has 0 saturated heterocycles. The van der Waals surface area contributed by atoms with Crippen LogP contribution in [-0.2, 0) is 5.41 Å². The number of rotatable bonds is 4. The first-order valence-corrected chi connectivity index (χ1v) is 15.8. The Hall–Kier alpha value is -5.80. The van der Waals surface area contributed by atoms with Gasteiger partial charge in [0.15, 0.2) is 0 Å². The summed E-state index contributed by atoms with van der Waals surface area (Å²) >= 11 is 0. The minimum absolute atomic E-state index is 0.0629. The van der Waals surface area contributed by atoms with Gasteiger partial charge < -0.3 is 0 Å². The second-order valence-electron chi connectivity index (χ2n) is 12.7. The molecular formula is C43H31N3. The summed E-state index contributed by atoms with van der Waals surface area (Å²) in [5, 5.41) is 2.44. The van der Waals surface area contributed by atoms with Crippen molar-refractivity contribution in [1.82, 2.24) is 14.5 Å². The molecular weight excluding hydrogens is 558 g/mol. The van der Waals surface area contributed by atoms with E-state index < -0.39 is 0 Å². The van der Waals surface area contributed by atoms with Gasteiger partial charge in [0.2, 0.25) is 5.95 Å². The normalized spacial score (nSPS) is 13.2. The zero-order valence-corrected chi connectivity index (χ0v) is 25.8. The molecule has 3 heteroatoms. The largest absolute Gasteiger partial charge is 0.278 e. The predicted octanol–water partition coefficient (Wildman–Crippen LogP) is 10.9. The van der Waals surface area contributed by atoms with Gasteiger partial charge in [-0.15, -0.1) is 0 Å². The molecule has 2 heterocycles. The monoisotopic (exact) mass is 589 g/mol. The standard InChI is InChI=1S/C43H31N3/c1-43(2)37-17-8-6-15-33(37)35-27-41-36(26-38(35)43)34-16-7-9-18-40(34)46(41)42-44-24-23-39(45-42)32-14-10-13-31(25-32)30-21-19-29(20-22-30)28-11-4-3-5-12-28/h3-27H,1-2H3. The fourth-order valence-electron chi connectivity index (χ4n) is 7.34. The van der Waals surface area contributed by atoms with E-state index in [1.54, 1.807) is 0 Å². The second kappa shape index (κ2) is 10.1. The molecule has 8 aromatic rings. The minimum Gasteiger partial charge on any atom is -0.278 e. The molecule has 9 rings (SSSR count). The highest BCUT2D eigenvalue weighted by Gasteiger charge is 2.36. The Labute approximate surface area is 268 Å². The van der Waals surface area contributed by atoms with Crippen molar-refractivity contribution in [1.29, 1.82) is 0 Å². The van der Waals surface area contributed by atoms with Crippen LogP contribution in [-0.4, -0.2) is 14.5 Å². The van der Waals surface area contributed by atoms with E-state index in [2.05, 4.69) is 158 Å². The van der Waals surface area contributed by atoms with Crippen LogP contribution in [0.3, 0.4) is 0 Å². The summed E-state index contributed by atoms with van der Waals surface area (Å²) in [4.78, 5) is 10.0. The van der Waals surface area contributed by atoms with Crippen LogP contribution in [0, 0.1) is 0 Å². The summed E-state index contributed by atoms with van der Waals surface area (Å²) in [6.07, 6.45) is 1.88. The SMILES string of the molecule is CC1(C)c2ccccc2-c2cc3c(cc21)c1ccccc1n3-c1nccc(-c2cccc(-c3ccc(-c4ccccc4)cc3)c2)n1. The first-order valence-electron chi connectivity index (χ1n) is 15.8. The minimum atomic E-state index is -0.0629. The van der Waals surface area contributed by atoms with E-state index in [0.29, 0.717) is 5.95 Å². The Morgan fingerprint density at radius 3 is 2.00 bits per heavy atom. The second-order valence-corrected chi connectivity index (χ2v) is 12.7. The van der Waals surface area contributed by atoms with Crippen LogP contribution in [0.2, 0.25) is 0 Å². The molecule has 6 aromatic carbocycles. The summed E-state index contributed by atoms with van der Waals surface area (Å²) in [7, 11) is 0. The lowest BCUT2D eigenvalue weighted by atomic mass is 9.82. The Morgan fingerprint density at radius 1 is 0.478 bits per heavy atom. The number of para-hydroxylation sites is 1. The van der Waals surface area contributed by atoms with Crippen LogP contribution < -0.4 is 0 Å². The molecule has 218 valence electrons. The van der Waals surface area contributed by atoms with Crippen molar-refractivity contribution in [2.75, 3.05) is 0 Å². The zero-order chi connectivity index (χ0) is 30.8. The average Bonchev–Trinajstić information content (AvgIpc) is 3.56. The van der Waals surface area contributed by atoms with Gasteiger partial charge in [0.1, 0.15) is 0 Å². The highest BCUT2D eigenvalue weighted by Crippen LogP contribution is 2.50. The van der Waals surface area contributed by atoms with Crippen molar-refractivity contribution in [2.24, 2.45) is 0 Å². The Morgan fingerprint density at radius 2 is 1.15 bits per heavy atom. The van der Waals surface area contributed by atoms with Crippen LogP contribution in [0.25, 0.3) is 72.4 Å². The molecule has 0 radical (unpaired) electrons. The third-order valence-corrected chi connectivity index (χ3v) is 9.70. The van der Waals surface area contributed by atoms with Crippen molar-refractivity contribution in [3.05, 3.63) is 163 Å². The van der Waals surface area contributed by atoms with Gasteiger partial charge in [0.05, 0.1) is 16.7 Å². The fourth-order valence-corrected chi connectivity index (χ4v) is 7.34. The molecule has 0 spiro atoms. The van der Waals surface area contributed by atoms with Gasteiger partial charge >= 0.3 is 0 Å². The molecule has 0 aliphatic heterocycles. The molecule has 0 fully saturated rings. The molecule has 3 nitrogen and oxygen atoms in total. The highest BCUT2D eigenvalue weighted by molar-refractivity contribution is 6.11. The zero-order valence-electron chi connectivity index (χ0n) is 25.8. The van der Waals surface area contributed by atoms with Crippen LogP contribution >= 0.6 is 0 Å². The smallest absolute Gasteiger partial charge is 0.235 e. The third-order valence-electron chi connectivity index (χ3n) is 9.70. The lowest BCUT2D eigenvalue weighted by molar-refractivity contribution is 0.661. The van der Waals surface area contributed by atoms with Gasteiger partial charge in [0, 0.05) is 27.9 Å². The molecule has 0 atom stereocenters. The van der Waals surface area contributed by atoms with Crippen LogP contribution in [0.1, 0.15) is 25.0 Å². The maximum Gasteiger partial charge on any atom is 0.235 e. The van der Waals surface area contributed by atoms with Crippen molar-refractivity contribution >= 4 is 21.8 Å². The molecule has 0 saturated carbocycles. The number of nitrogens with zero attached hydrogens (tertiary/aromatic N) is 3. The molecule has 0 unspecified atom stereocenters. The summed E-state index contributed by atoms with van der Waals surface area (Å²) < 4.78 is 2.23. The van der Waals surface area contributed by atoms with Crippen LogP contribution in [0.4, 0.5) is 0 Å². The number of fused-ring (bicyclic) bond motifs is 6. The number of hydrogen-bond acceptors (Lipinski definition) is 2. The number of benzene rings is 6. The van der Waals surface area contributed by atoms with E-state index in [-0.39, 0.29) is 5.41 Å². The van der Waals surface area contributed by atoms with Gasteiger partial charge in [-0.05, 0) is 74.8 Å². The van der Waals surface area contributed by atoms with Crippen molar-refractivity contribution in [3.8, 4) is 50.6 Å². The van der Waals surface area contributed by atoms with Gasteiger partial charge in [-0.25, -0.2) is 9.97 Å². The van der Waals surface area contributed by atoms with E-state index in [1.807, 2.05) is 12.3 Å². The topological polar surface area (TPSA) is 30.7 Å². The van der Waals surface area contributed by atoms with Gasteiger partial charge in [-0.3, -0.25) is 4.57 Å². The van der Waals surface area contributed by atoms with E-state index in [1.165, 1.54) is 49.7 Å². The van der Waals surface area contributed by atoms with E-state index in [9.17, 15) is 0 Å². The van der Waals surface area contributed by atoms with Crippen molar-refractivity contribution in [2.45, 2.75) is 19.3 Å². The van der Waals surface area contributed by atoms with E-state index >= 15 is 0 Å². The molecule has 0 N–H and O–H groups in total. The molecule has 0 amide bonds. The Kier molecular flexibility index (Phi) is 5.85. The lowest BCUT2D eigenvalue weighted by Crippen LogP contribution is -2.14. The molecule has 2 aromatic heterocycles. The Balaban J connectivity index is 1.16. The summed E-state index contributed by atoms with van der Waals surface area (Å²) in [6.45, 7) is 4.67. The Bertz CT molecular complexity index is 2430. The lowest BCUT2D eigenvalue weighted by Gasteiger charge is -2.21. The maximum absolute atomic E-state index is 5.19. The van der Waals surface area contributed by atoms with Crippen LogP contribution in [0.5, 0.6) is 0 Å². The first-order chi connectivity index (χ1) is 22.6. The molecule has 1 aliphatic rings. The van der Waals surface area contributed by atoms with Crippen molar-refractivity contribution < 1.29 is 0 Å². The quantitative estimate of drug-likeness (QED) is 0.204. The number of hydrogen-bond donors (Lipinski definition) is 0. The maximum atomic E-state index is 5.19. The van der Waals surface area contributed by atoms with Crippen LogP contribution in [0.15, 0.2) is 152 Å².